The number of halogens is 1. The topological polar surface area (TPSA) is 37.3 Å². The van der Waals surface area contributed by atoms with Crippen LogP contribution in [0.2, 0.25) is 0 Å². The highest BCUT2D eigenvalue weighted by atomic mass is 19.1. The Balaban J connectivity index is 1.29. The standard InChI is InChI=1S/C21H28FN3O/c22-18-7-6-16-8-12-25(20(16)14-18)13-9-21(26)23-15-17-4-3-11-24-10-2-1-5-19(17)24/h6-8,12,14,17,19H,1-5,9-11,13,15H2,(H,23,26)/t17-,19+/m0/s1. The number of hydrogen-bond donors (Lipinski definition) is 1. The maximum Gasteiger partial charge on any atom is 0.221 e. The van der Waals surface area contributed by atoms with Gasteiger partial charge in [0.1, 0.15) is 5.82 Å². The smallest absolute Gasteiger partial charge is 0.221 e. The molecule has 0 unspecified atom stereocenters. The van der Waals surface area contributed by atoms with Gasteiger partial charge in [0, 0.05) is 31.7 Å². The minimum atomic E-state index is -0.240. The number of fused-ring (bicyclic) bond motifs is 2. The van der Waals surface area contributed by atoms with Gasteiger partial charge in [-0.05, 0) is 74.3 Å². The van der Waals surface area contributed by atoms with Crippen molar-refractivity contribution >= 4 is 16.8 Å². The summed E-state index contributed by atoms with van der Waals surface area (Å²) < 4.78 is 15.4. The lowest BCUT2D eigenvalue weighted by Crippen LogP contribution is -2.51. The predicted octanol–water partition coefficient (Wildman–Crippen LogP) is 3.55. The van der Waals surface area contributed by atoms with Crippen molar-refractivity contribution in [2.24, 2.45) is 5.92 Å². The maximum atomic E-state index is 13.5. The van der Waals surface area contributed by atoms with Crippen molar-refractivity contribution in [2.75, 3.05) is 19.6 Å². The van der Waals surface area contributed by atoms with Gasteiger partial charge in [0.15, 0.2) is 0 Å². The fourth-order valence-electron chi connectivity index (χ4n) is 4.72. The molecule has 0 spiro atoms. The highest BCUT2D eigenvalue weighted by molar-refractivity contribution is 5.80. The SMILES string of the molecule is O=C(CCn1ccc2ccc(F)cc21)NC[C@@H]1CCCN2CCCC[C@H]12. The van der Waals surface area contributed by atoms with Crippen molar-refractivity contribution in [1.29, 1.82) is 0 Å². The van der Waals surface area contributed by atoms with Crippen LogP contribution in [0.1, 0.15) is 38.5 Å². The van der Waals surface area contributed by atoms with Crippen molar-refractivity contribution in [3.8, 4) is 0 Å². The number of amides is 1. The molecule has 1 aromatic heterocycles. The normalized spacial score (nSPS) is 23.7. The molecule has 4 nitrogen and oxygen atoms in total. The molecule has 2 fully saturated rings. The molecule has 4 rings (SSSR count). The van der Waals surface area contributed by atoms with E-state index in [9.17, 15) is 9.18 Å². The Kier molecular flexibility index (Phi) is 5.25. The minimum Gasteiger partial charge on any atom is -0.356 e. The van der Waals surface area contributed by atoms with Gasteiger partial charge in [-0.3, -0.25) is 4.79 Å². The van der Waals surface area contributed by atoms with Crippen LogP contribution in [0.4, 0.5) is 4.39 Å². The molecule has 140 valence electrons. The van der Waals surface area contributed by atoms with Crippen LogP contribution in [0, 0.1) is 11.7 Å². The Hall–Kier alpha value is -1.88. The highest BCUT2D eigenvalue weighted by Crippen LogP contribution is 2.30. The number of rotatable bonds is 5. The molecule has 0 aliphatic carbocycles. The van der Waals surface area contributed by atoms with E-state index in [1.54, 1.807) is 6.07 Å². The number of carbonyl (C=O) groups excluding carboxylic acids is 1. The minimum absolute atomic E-state index is 0.0937. The summed E-state index contributed by atoms with van der Waals surface area (Å²) in [5, 5.41) is 4.16. The van der Waals surface area contributed by atoms with Gasteiger partial charge in [0.25, 0.3) is 0 Å². The molecule has 0 radical (unpaired) electrons. The van der Waals surface area contributed by atoms with E-state index in [0.29, 0.717) is 24.9 Å². The fraction of sp³-hybridized carbons (Fsp3) is 0.571. The van der Waals surface area contributed by atoms with Crippen LogP contribution in [-0.4, -0.2) is 41.1 Å². The van der Waals surface area contributed by atoms with Crippen molar-refractivity contribution < 1.29 is 9.18 Å². The molecule has 0 bridgehead atoms. The summed E-state index contributed by atoms with van der Waals surface area (Å²) in [6, 6.07) is 7.41. The molecule has 1 N–H and O–H groups in total. The Morgan fingerprint density at radius 1 is 1.15 bits per heavy atom. The zero-order chi connectivity index (χ0) is 17.9. The van der Waals surface area contributed by atoms with E-state index < -0.39 is 0 Å². The molecule has 1 amide bonds. The molecular weight excluding hydrogens is 329 g/mol. The van der Waals surface area contributed by atoms with Crippen molar-refractivity contribution in [2.45, 2.75) is 51.1 Å². The molecule has 0 saturated carbocycles. The van der Waals surface area contributed by atoms with Crippen LogP contribution in [-0.2, 0) is 11.3 Å². The quantitative estimate of drug-likeness (QED) is 0.888. The van der Waals surface area contributed by atoms with Crippen LogP contribution in [0.25, 0.3) is 10.9 Å². The van der Waals surface area contributed by atoms with Crippen LogP contribution in [0.15, 0.2) is 30.5 Å². The summed E-state index contributed by atoms with van der Waals surface area (Å²) in [6.07, 6.45) is 8.76. The molecule has 2 aliphatic rings. The third kappa shape index (κ3) is 3.78. The molecule has 3 heterocycles. The lowest BCUT2D eigenvalue weighted by molar-refractivity contribution is -0.121. The van der Waals surface area contributed by atoms with E-state index in [1.807, 2.05) is 16.8 Å². The molecule has 1 aromatic carbocycles. The van der Waals surface area contributed by atoms with Crippen molar-refractivity contribution in [1.82, 2.24) is 14.8 Å². The third-order valence-electron chi connectivity index (χ3n) is 6.11. The van der Waals surface area contributed by atoms with Gasteiger partial charge in [0.05, 0.1) is 5.52 Å². The number of aromatic nitrogens is 1. The maximum absolute atomic E-state index is 13.5. The Labute approximate surface area is 154 Å². The van der Waals surface area contributed by atoms with Crippen LogP contribution < -0.4 is 5.32 Å². The zero-order valence-corrected chi connectivity index (χ0v) is 15.3. The number of nitrogens with one attached hydrogen (secondary N) is 1. The second-order valence-corrected chi connectivity index (χ2v) is 7.77. The number of piperidine rings is 2. The van der Waals surface area contributed by atoms with E-state index in [4.69, 9.17) is 0 Å². The fourth-order valence-corrected chi connectivity index (χ4v) is 4.72. The summed E-state index contributed by atoms with van der Waals surface area (Å²) in [7, 11) is 0. The van der Waals surface area contributed by atoms with Crippen LogP contribution in [0.5, 0.6) is 0 Å². The molecule has 2 aliphatic heterocycles. The molecular formula is C21H28FN3O. The van der Waals surface area contributed by atoms with E-state index in [1.165, 1.54) is 57.3 Å². The lowest BCUT2D eigenvalue weighted by atomic mass is 9.83. The first-order valence-electron chi connectivity index (χ1n) is 9.96. The largest absolute Gasteiger partial charge is 0.356 e. The Morgan fingerprint density at radius 3 is 2.96 bits per heavy atom. The second kappa shape index (κ2) is 7.78. The van der Waals surface area contributed by atoms with E-state index in [2.05, 4.69) is 10.2 Å². The molecule has 2 aromatic rings. The Morgan fingerprint density at radius 2 is 2.04 bits per heavy atom. The Bertz CT molecular complexity index is 770. The number of benzene rings is 1. The molecule has 5 heteroatoms. The lowest BCUT2D eigenvalue weighted by Gasteiger charge is -2.44. The van der Waals surface area contributed by atoms with Gasteiger partial charge < -0.3 is 14.8 Å². The van der Waals surface area contributed by atoms with Crippen LogP contribution in [0.3, 0.4) is 0 Å². The number of carbonyl (C=O) groups is 1. The molecule has 2 saturated heterocycles. The van der Waals surface area contributed by atoms with E-state index in [0.717, 1.165) is 17.4 Å². The van der Waals surface area contributed by atoms with Crippen molar-refractivity contribution in [3.05, 3.63) is 36.3 Å². The summed E-state index contributed by atoms with van der Waals surface area (Å²) >= 11 is 0. The van der Waals surface area contributed by atoms with Crippen LogP contribution >= 0.6 is 0 Å². The van der Waals surface area contributed by atoms with Crippen molar-refractivity contribution in [3.63, 3.8) is 0 Å². The van der Waals surface area contributed by atoms with E-state index in [-0.39, 0.29) is 11.7 Å². The average Bonchev–Trinajstić information content (AvgIpc) is 3.06. The van der Waals surface area contributed by atoms with Gasteiger partial charge in [-0.1, -0.05) is 6.42 Å². The van der Waals surface area contributed by atoms with Gasteiger partial charge in [0.2, 0.25) is 5.91 Å². The van der Waals surface area contributed by atoms with Gasteiger partial charge in [-0.15, -0.1) is 0 Å². The van der Waals surface area contributed by atoms with E-state index >= 15 is 0 Å². The van der Waals surface area contributed by atoms with Gasteiger partial charge >= 0.3 is 0 Å². The third-order valence-corrected chi connectivity index (χ3v) is 6.11. The molecule has 26 heavy (non-hydrogen) atoms. The predicted molar refractivity (Wildman–Crippen MR) is 101 cm³/mol. The second-order valence-electron chi connectivity index (χ2n) is 7.77. The van der Waals surface area contributed by atoms with Gasteiger partial charge in [-0.2, -0.15) is 0 Å². The summed E-state index contributed by atoms with van der Waals surface area (Å²) in [5.41, 5.74) is 0.850. The highest BCUT2D eigenvalue weighted by Gasteiger charge is 2.32. The zero-order valence-electron chi connectivity index (χ0n) is 15.3. The summed E-state index contributed by atoms with van der Waals surface area (Å²) in [4.78, 5) is 15.0. The first-order valence-corrected chi connectivity index (χ1v) is 9.96. The number of aryl methyl sites for hydroxylation is 1. The monoisotopic (exact) mass is 357 g/mol. The average molecular weight is 357 g/mol. The van der Waals surface area contributed by atoms with Gasteiger partial charge in [-0.25, -0.2) is 4.39 Å². The summed E-state index contributed by atoms with van der Waals surface area (Å²) in [6.45, 7) is 3.83. The first kappa shape index (κ1) is 17.5. The molecule has 2 atom stereocenters. The first-order chi connectivity index (χ1) is 12.7. The number of nitrogens with zero attached hydrogens (tertiary/aromatic N) is 2. The summed E-state index contributed by atoms with van der Waals surface area (Å²) in [5.74, 6) is 0.446. The number of hydrogen-bond acceptors (Lipinski definition) is 2.